The van der Waals surface area contributed by atoms with Gasteiger partial charge in [-0.15, -0.1) is 0 Å². The second-order valence-corrected chi connectivity index (χ2v) is 6.38. The van der Waals surface area contributed by atoms with Gasteiger partial charge in [0.15, 0.2) is 5.78 Å². The van der Waals surface area contributed by atoms with E-state index in [0.717, 1.165) is 37.4 Å². The number of hydrogen-bond donors (Lipinski definition) is 0. The predicted molar refractivity (Wildman–Crippen MR) is 81.2 cm³/mol. The molecule has 1 aliphatic carbocycles. The zero-order valence-electron chi connectivity index (χ0n) is 12.6. The first kappa shape index (κ1) is 13.9. The quantitative estimate of drug-likeness (QED) is 0.842. The SMILES string of the molecule is CC1CCCCN1CCCn1ccc2c1CCCC2=O. The first-order valence-electron chi connectivity index (χ1n) is 8.21. The van der Waals surface area contributed by atoms with Crippen LogP contribution in [0.4, 0.5) is 0 Å². The van der Waals surface area contributed by atoms with Crippen molar-refractivity contribution in [2.24, 2.45) is 0 Å². The molecule has 0 bridgehead atoms. The highest BCUT2D eigenvalue weighted by Crippen LogP contribution is 2.23. The molecule has 0 aromatic carbocycles. The van der Waals surface area contributed by atoms with Crippen LogP contribution < -0.4 is 0 Å². The van der Waals surface area contributed by atoms with Gasteiger partial charge in [0.25, 0.3) is 0 Å². The number of nitrogens with zero attached hydrogens (tertiary/aromatic N) is 2. The van der Waals surface area contributed by atoms with Crippen LogP contribution in [-0.2, 0) is 13.0 Å². The lowest BCUT2D eigenvalue weighted by Gasteiger charge is -2.33. The third kappa shape index (κ3) is 2.83. The molecule has 0 spiro atoms. The van der Waals surface area contributed by atoms with Crippen molar-refractivity contribution in [3.05, 3.63) is 23.5 Å². The van der Waals surface area contributed by atoms with Crippen LogP contribution >= 0.6 is 0 Å². The summed E-state index contributed by atoms with van der Waals surface area (Å²) >= 11 is 0. The highest BCUT2D eigenvalue weighted by molar-refractivity contribution is 5.98. The number of aryl methyl sites for hydroxylation is 1. The summed E-state index contributed by atoms with van der Waals surface area (Å²) in [5.74, 6) is 0.342. The van der Waals surface area contributed by atoms with Crippen molar-refractivity contribution in [3.63, 3.8) is 0 Å². The van der Waals surface area contributed by atoms with Crippen LogP contribution in [0, 0.1) is 0 Å². The average molecular weight is 274 g/mol. The molecular weight excluding hydrogens is 248 g/mol. The van der Waals surface area contributed by atoms with E-state index in [4.69, 9.17) is 0 Å². The van der Waals surface area contributed by atoms with E-state index >= 15 is 0 Å². The van der Waals surface area contributed by atoms with Crippen LogP contribution in [-0.4, -0.2) is 34.4 Å². The van der Waals surface area contributed by atoms with E-state index in [2.05, 4.69) is 22.6 Å². The van der Waals surface area contributed by atoms with Gasteiger partial charge < -0.3 is 9.47 Å². The minimum Gasteiger partial charge on any atom is -0.351 e. The highest BCUT2D eigenvalue weighted by Gasteiger charge is 2.21. The van der Waals surface area contributed by atoms with Crippen molar-refractivity contribution < 1.29 is 4.79 Å². The van der Waals surface area contributed by atoms with E-state index < -0.39 is 0 Å². The Labute approximate surface area is 122 Å². The lowest BCUT2D eigenvalue weighted by atomic mass is 9.97. The molecule has 1 aliphatic heterocycles. The number of piperidine rings is 1. The number of carbonyl (C=O) groups excluding carboxylic acids is 1. The van der Waals surface area contributed by atoms with Gasteiger partial charge in [0.1, 0.15) is 0 Å². The number of hydrogen-bond acceptors (Lipinski definition) is 2. The predicted octanol–water partition coefficient (Wildman–Crippen LogP) is 3.27. The van der Waals surface area contributed by atoms with Crippen molar-refractivity contribution in [2.45, 2.75) is 64.5 Å². The second kappa shape index (κ2) is 6.13. The van der Waals surface area contributed by atoms with Crippen LogP contribution in [0.1, 0.15) is 61.5 Å². The van der Waals surface area contributed by atoms with Crippen molar-refractivity contribution in [2.75, 3.05) is 13.1 Å². The first-order chi connectivity index (χ1) is 9.75. The van der Waals surface area contributed by atoms with Gasteiger partial charge in [-0.3, -0.25) is 4.79 Å². The Morgan fingerprint density at radius 3 is 2.95 bits per heavy atom. The number of aromatic nitrogens is 1. The Hall–Kier alpha value is -1.09. The standard InChI is InChI=1S/C17H26N2O/c1-14-6-2-3-10-18(14)11-5-12-19-13-9-15-16(19)7-4-8-17(15)20/h9,13-14H,2-8,10-12H2,1H3. The number of rotatable bonds is 4. The Morgan fingerprint density at radius 2 is 2.10 bits per heavy atom. The molecule has 3 heteroatoms. The molecule has 1 aromatic heterocycles. The van der Waals surface area contributed by atoms with Gasteiger partial charge in [-0.05, 0) is 51.6 Å². The van der Waals surface area contributed by atoms with Crippen LogP contribution in [0.2, 0.25) is 0 Å². The smallest absolute Gasteiger partial charge is 0.164 e. The van der Waals surface area contributed by atoms with Crippen molar-refractivity contribution in [1.82, 2.24) is 9.47 Å². The summed E-state index contributed by atoms with van der Waals surface area (Å²) in [7, 11) is 0. The van der Waals surface area contributed by atoms with Gasteiger partial charge in [-0.1, -0.05) is 6.42 Å². The van der Waals surface area contributed by atoms with Crippen molar-refractivity contribution in [3.8, 4) is 0 Å². The normalized spacial score (nSPS) is 23.9. The lowest BCUT2D eigenvalue weighted by molar-refractivity contribution is 0.0971. The monoisotopic (exact) mass is 274 g/mol. The summed E-state index contributed by atoms with van der Waals surface area (Å²) in [5.41, 5.74) is 2.27. The van der Waals surface area contributed by atoms with Gasteiger partial charge in [-0.25, -0.2) is 0 Å². The van der Waals surface area contributed by atoms with E-state index in [1.54, 1.807) is 0 Å². The lowest BCUT2D eigenvalue weighted by Crippen LogP contribution is -2.38. The van der Waals surface area contributed by atoms with Gasteiger partial charge in [0.05, 0.1) is 0 Å². The first-order valence-corrected chi connectivity index (χ1v) is 8.21. The van der Waals surface area contributed by atoms with Gasteiger partial charge in [0.2, 0.25) is 0 Å². The Morgan fingerprint density at radius 1 is 1.20 bits per heavy atom. The number of ketones is 1. The maximum Gasteiger partial charge on any atom is 0.164 e. The largest absolute Gasteiger partial charge is 0.351 e. The number of Topliss-reactive ketones (excluding diaryl/α,β-unsaturated/α-hetero) is 1. The molecule has 3 nitrogen and oxygen atoms in total. The zero-order chi connectivity index (χ0) is 13.9. The highest BCUT2D eigenvalue weighted by atomic mass is 16.1. The van der Waals surface area contributed by atoms with E-state index in [-0.39, 0.29) is 0 Å². The minimum atomic E-state index is 0.342. The summed E-state index contributed by atoms with van der Waals surface area (Å²) in [5, 5.41) is 0. The van der Waals surface area contributed by atoms with Crippen LogP contribution in [0.25, 0.3) is 0 Å². The fourth-order valence-corrected chi connectivity index (χ4v) is 3.73. The van der Waals surface area contributed by atoms with Gasteiger partial charge >= 0.3 is 0 Å². The topological polar surface area (TPSA) is 25.2 Å². The van der Waals surface area contributed by atoms with Crippen LogP contribution in [0.15, 0.2) is 12.3 Å². The summed E-state index contributed by atoms with van der Waals surface area (Å²) in [6, 6.07) is 2.78. The number of likely N-dealkylation sites (tertiary alicyclic amines) is 1. The summed E-state index contributed by atoms with van der Waals surface area (Å²) < 4.78 is 2.32. The molecule has 1 atom stereocenters. The fourth-order valence-electron chi connectivity index (χ4n) is 3.73. The van der Waals surface area contributed by atoms with Gasteiger partial charge in [-0.2, -0.15) is 0 Å². The maximum atomic E-state index is 11.8. The molecule has 20 heavy (non-hydrogen) atoms. The summed E-state index contributed by atoms with van der Waals surface area (Å²) in [4.78, 5) is 14.5. The third-order valence-electron chi connectivity index (χ3n) is 4.98. The second-order valence-electron chi connectivity index (χ2n) is 6.38. The molecule has 2 aliphatic rings. The van der Waals surface area contributed by atoms with E-state index in [0.29, 0.717) is 5.78 Å². The molecule has 0 saturated carbocycles. The zero-order valence-corrected chi connectivity index (χ0v) is 12.6. The van der Waals surface area contributed by atoms with Crippen molar-refractivity contribution >= 4 is 5.78 Å². The van der Waals surface area contributed by atoms with Crippen LogP contribution in [0.3, 0.4) is 0 Å². The molecule has 0 radical (unpaired) electrons. The molecule has 1 unspecified atom stereocenters. The maximum absolute atomic E-state index is 11.8. The third-order valence-corrected chi connectivity index (χ3v) is 4.98. The molecule has 1 saturated heterocycles. The molecule has 1 aromatic rings. The Bertz CT molecular complexity index is 477. The van der Waals surface area contributed by atoms with Gasteiger partial charge in [0, 0.05) is 43.0 Å². The Balaban J connectivity index is 1.55. The van der Waals surface area contributed by atoms with E-state index in [1.807, 2.05) is 6.07 Å². The summed E-state index contributed by atoms with van der Waals surface area (Å²) in [6.45, 7) is 5.88. The molecule has 2 heterocycles. The van der Waals surface area contributed by atoms with Crippen molar-refractivity contribution in [1.29, 1.82) is 0 Å². The fraction of sp³-hybridized carbons (Fsp3) is 0.706. The molecule has 0 N–H and O–H groups in total. The summed E-state index contributed by atoms with van der Waals surface area (Å²) in [6.07, 6.45) is 10.3. The molecule has 0 amide bonds. The Kier molecular flexibility index (Phi) is 4.25. The molecular formula is C17H26N2O. The molecule has 110 valence electrons. The van der Waals surface area contributed by atoms with E-state index in [9.17, 15) is 4.79 Å². The average Bonchev–Trinajstić information content (AvgIpc) is 2.86. The minimum absolute atomic E-state index is 0.342. The van der Waals surface area contributed by atoms with E-state index in [1.165, 1.54) is 44.5 Å². The molecule has 3 rings (SSSR count). The molecule has 1 fully saturated rings. The number of fused-ring (bicyclic) bond motifs is 1. The number of carbonyl (C=O) groups is 1. The van der Waals surface area contributed by atoms with Crippen LogP contribution in [0.5, 0.6) is 0 Å².